The minimum atomic E-state index is 0.0430. The first kappa shape index (κ1) is 20.8. The van der Waals surface area contributed by atoms with E-state index in [0.717, 1.165) is 17.8 Å². The Kier molecular flexibility index (Phi) is 9.36. The summed E-state index contributed by atoms with van der Waals surface area (Å²) in [6, 6.07) is 2.80. The van der Waals surface area contributed by atoms with E-state index in [1.54, 1.807) is 0 Å². The number of nitriles is 1. The molecule has 1 nitrogen and oxygen atoms in total. The van der Waals surface area contributed by atoms with Crippen molar-refractivity contribution in [1.82, 2.24) is 0 Å². The summed E-state index contributed by atoms with van der Waals surface area (Å²) in [5.41, 5.74) is 0.0430. The number of nitrogens with zero attached hydrogens (tertiary/aromatic N) is 1. The number of unbranched alkanes of at least 4 members (excludes halogenated alkanes) is 7. The van der Waals surface area contributed by atoms with Crippen LogP contribution in [0, 0.1) is 34.5 Å². The van der Waals surface area contributed by atoms with E-state index in [4.69, 9.17) is 0 Å². The van der Waals surface area contributed by atoms with Crippen molar-refractivity contribution < 1.29 is 0 Å². The van der Waals surface area contributed by atoms with Crippen LogP contribution in [0.4, 0.5) is 0 Å². The molecule has 0 spiro atoms. The summed E-state index contributed by atoms with van der Waals surface area (Å²) < 4.78 is 0. The molecule has 4 atom stereocenters. The van der Waals surface area contributed by atoms with Crippen LogP contribution in [-0.4, -0.2) is 0 Å². The van der Waals surface area contributed by atoms with Gasteiger partial charge in [0.1, 0.15) is 0 Å². The molecule has 0 heterocycles. The Morgan fingerprint density at radius 2 is 1.56 bits per heavy atom. The lowest BCUT2D eigenvalue weighted by Gasteiger charge is -2.45. The number of hydrogen-bond donors (Lipinski definition) is 0. The Balaban J connectivity index is 1.73. The van der Waals surface area contributed by atoms with E-state index in [-0.39, 0.29) is 5.41 Å². The van der Waals surface area contributed by atoms with Gasteiger partial charge in [0, 0.05) is 0 Å². The summed E-state index contributed by atoms with van der Waals surface area (Å²) >= 11 is 0. The van der Waals surface area contributed by atoms with Crippen LogP contribution in [0.25, 0.3) is 0 Å². The zero-order valence-corrected chi connectivity index (χ0v) is 17.2. The van der Waals surface area contributed by atoms with Crippen molar-refractivity contribution in [3.8, 4) is 6.07 Å². The number of rotatable bonds is 11. The van der Waals surface area contributed by atoms with Crippen molar-refractivity contribution in [2.45, 2.75) is 123 Å². The van der Waals surface area contributed by atoms with Gasteiger partial charge in [0.2, 0.25) is 0 Å². The highest BCUT2D eigenvalue weighted by Gasteiger charge is 2.42. The van der Waals surface area contributed by atoms with E-state index >= 15 is 0 Å². The lowest BCUT2D eigenvalue weighted by Crippen LogP contribution is -2.36. The Bertz CT molecular complexity index is 395. The van der Waals surface area contributed by atoms with Crippen LogP contribution in [0.5, 0.6) is 0 Å². The minimum absolute atomic E-state index is 0.0430. The fraction of sp³-hybridized carbons (Fsp3) is 0.958. The molecule has 0 aromatic heterocycles. The quantitative estimate of drug-likeness (QED) is 0.347. The minimum Gasteiger partial charge on any atom is -0.198 e. The Hall–Kier alpha value is -0.510. The highest BCUT2D eigenvalue weighted by Crippen LogP contribution is 2.51. The molecular formula is C24H43N. The van der Waals surface area contributed by atoms with Crippen LogP contribution in [0.3, 0.4) is 0 Å². The first-order chi connectivity index (χ1) is 12.2. The van der Waals surface area contributed by atoms with Gasteiger partial charge in [-0.15, -0.1) is 0 Å². The van der Waals surface area contributed by atoms with E-state index in [1.165, 1.54) is 109 Å². The van der Waals surface area contributed by atoms with E-state index in [9.17, 15) is 5.26 Å². The van der Waals surface area contributed by atoms with Crippen LogP contribution in [0.15, 0.2) is 0 Å². The van der Waals surface area contributed by atoms with Gasteiger partial charge < -0.3 is 0 Å². The molecule has 0 aromatic carbocycles. The molecule has 2 aliphatic carbocycles. The summed E-state index contributed by atoms with van der Waals surface area (Å²) in [4.78, 5) is 0. The molecule has 25 heavy (non-hydrogen) atoms. The van der Waals surface area contributed by atoms with Crippen LogP contribution in [0.1, 0.15) is 123 Å². The smallest absolute Gasteiger partial charge is 0.0689 e. The average Bonchev–Trinajstić information content (AvgIpc) is 2.65. The van der Waals surface area contributed by atoms with Crippen molar-refractivity contribution in [3.05, 3.63) is 0 Å². The van der Waals surface area contributed by atoms with Gasteiger partial charge in [0.15, 0.2) is 0 Å². The van der Waals surface area contributed by atoms with Crippen molar-refractivity contribution >= 4 is 0 Å². The first-order valence-electron chi connectivity index (χ1n) is 11.6. The average molecular weight is 346 g/mol. The molecule has 0 amide bonds. The van der Waals surface area contributed by atoms with Crippen LogP contribution < -0.4 is 0 Å². The van der Waals surface area contributed by atoms with E-state index in [1.807, 2.05) is 0 Å². The highest BCUT2D eigenvalue weighted by atomic mass is 14.5. The topological polar surface area (TPSA) is 23.8 Å². The van der Waals surface area contributed by atoms with E-state index in [2.05, 4.69) is 19.9 Å². The maximum atomic E-state index is 9.90. The second-order valence-electron chi connectivity index (χ2n) is 9.35. The van der Waals surface area contributed by atoms with Crippen LogP contribution in [0.2, 0.25) is 0 Å². The molecule has 1 heteroatoms. The molecule has 0 aromatic rings. The summed E-state index contributed by atoms with van der Waals surface area (Å²) in [5, 5.41) is 9.90. The third-order valence-corrected chi connectivity index (χ3v) is 7.36. The molecule has 2 rings (SSSR count). The number of hydrogen-bond acceptors (Lipinski definition) is 1. The van der Waals surface area contributed by atoms with Gasteiger partial charge in [-0.05, 0) is 56.3 Å². The molecule has 0 aliphatic heterocycles. The molecule has 2 fully saturated rings. The van der Waals surface area contributed by atoms with Crippen molar-refractivity contribution in [2.24, 2.45) is 23.2 Å². The van der Waals surface area contributed by atoms with Gasteiger partial charge in [-0.3, -0.25) is 0 Å². The fourth-order valence-electron chi connectivity index (χ4n) is 5.69. The Labute approximate surface area is 158 Å². The summed E-state index contributed by atoms with van der Waals surface area (Å²) in [5.74, 6) is 2.82. The van der Waals surface area contributed by atoms with E-state index < -0.39 is 0 Å². The summed E-state index contributed by atoms with van der Waals surface area (Å²) in [7, 11) is 0. The normalized spacial score (nSPS) is 32.1. The zero-order chi connectivity index (χ0) is 18.0. The largest absolute Gasteiger partial charge is 0.198 e. The lowest BCUT2D eigenvalue weighted by atomic mass is 9.58. The SMILES string of the molecule is CCCCCCCC1(C#N)CCC2CC(CCCCCC)CCC2C1. The summed E-state index contributed by atoms with van der Waals surface area (Å²) in [6.07, 6.45) is 23.1. The molecule has 0 radical (unpaired) electrons. The predicted molar refractivity (Wildman–Crippen MR) is 108 cm³/mol. The maximum absolute atomic E-state index is 9.90. The Morgan fingerprint density at radius 3 is 2.28 bits per heavy atom. The predicted octanol–water partition coefficient (Wildman–Crippen LogP) is 8.04. The summed E-state index contributed by atoms with van der Waals surface area (Å²) in [6.45, 7) is 4.58. The molecule has 144 valence electrons. The second-order valence-corrected chi connectivity index (χ2v) is 9.35. The maximum Gasteiger partial charge on any atom is 0.0689 e. The molecular weight excluding hydrogens is 302 g/mol. The van der Waals surface area contributed by atoms with Gasteiger partial charge in [-0.25, -0.2) is 0 Å². The van der Waals surface area contributed by atoms with Crippen LogP contribution in [-0.2, 0) is 0 Å². The highest BCUT2D eigenvalue weighted by molar-refractivity contribution is 5.04. The molecule has 2 saturated carbocycles. The second kappa shape index (κ2) is 11.3. The first-order valence-corrected chi connectivity index (χ1v) is 11.6. The molecule has 0 bridgehead atoms. The van der Waals surface area contributed by atoms with Gasteiger partial charge in [0.05, 0.1) is 11.5 Å². The standard InChI is InChI=1S/C24H43N/c1-3-5-7-9-11-16-24(20-25)17-15-22-18-21(12-10-8-6-4-2)13-14-23(22)19-24/h21-23H,3-19H2,1-2H3. The van der Waals surface area contributed by atoms with Crippen molar-refractivity contribution in [3.63, 3.8) is 0 Å². The molecule has 2 aliphatic rings. The van der Waals surface area contributed by atoms with Crippen molar-refractivity contribution in [1.29, 1.82) is 5.26 Å². The number of fused-ring (bicyclic) bond motifs is 1. The van der Waals surface area contributed by atoms with Gasteiger partial charge in [-0.2, -0.15) is 5.26 Å². The van der Waals surface area contributed by atoms with Gasteiger partial charge in [-0.1, -0.05) is 84.5 Å². The van der Waals surface area contributed by atoms with Gasteiger partial charge >= 0.3 is 0 Å². The van der Waals surface area contributed by atoms with Crippen LogP contribution >= 0.6 is 0 Å². The lowest BCUT2D eigenvalue weighted by molar-refractivity contribution is 0.0615. The zero-order valence-electron chi connectivity index (χ0n) is 17.2. The van der Waals surface area contributed by atoms with E-state index in [0.29, 0.717) is 0 Å². The Morgan fingerprint density at radius 1 is 0.840 bits per heavy atom. The monoisotopic (exact) mass is 345 g/mol. The molecule has 4 unspecified atom stereocenters. The third-order valence-electron chi connectivity index (χ3n) is 7.36. The molecule has 0 N–H and O–H groups in total. The fourth-order valence-corrected chi connectivity index (χ4v) is 5.69. The van der Waals surface area contributed by atoms with Crippen molar-refractivity contribution in [2.75, 3.05) is 0 Å². The van der Waals surface area contributed by atoms with Gasteiger partial charge in [0.25, 0.3) is 0 Å². The molecule has 0 saturated heterocycles. The third kappa shape index (κ3) is 6.62.